The van der Waals surface area contributed by atoms with Gasteiger partial charge in [-0.25, -0.2) is 13.2 Å². The number of hydrogen-bond donors (Lipinski definition) is 1. The molecule has 0 aromatic heterocycles. The molecule has 1 aromatic carbocycles. The first kappa shape index (κ1) is 13.4. The summed E-state index contributed by atoms with van der Waals surface area (Å²) in [5.41, 5.74) is -0.0688. The molecular formula is C14H18F3N. The molecule has 0 saturated heterocycles. The molecule has 0 heterocycles. The molecule has 1 aromatic rings. The Morgan fingerprint density at radius 1 is 0.944 bits per heavy atom. The third-order valence-electron chi connectivity index (χ3n) is 3.53. The molecule has 1 fully saturated rings. The van der Waals surface area contributed by atoms with Crippen molar-refractivity contribution < 1.29 is 13.2 Å². The van der Waals surface area contributed by atoms with Crippen LogP contribution >= 0.6 is 0 Å². The number of rotatable bonds is 3. The lowest BCUT2D eigenvalue weighted by Gasteiger charge is -2.16. The van der Waals surface area contributed by atoms with Crippen LogP contribution in [0.2, 0.25) is 0 Å². The van der Waals surface area contributed by atoms with Crippen molar-refractivity contribution in [3.05, 3.63) is 35.1 Å². The van der Waals surface area contributed by atoms with Crippen molar-refractivity contribution in [2.24, 2.45) is 0 Å². The molecule has 18 heavy (non-hydrogen) atoms. The summed E-state index contributed by atoms with van der Waals surface area (Å²) in [6.07, 6.45) is 6.88. The lowest BCUT2D eigenvalue weighted by atomic mass is 10.1. The monoisotopic (exact) mass is 257 g/mol. The molecule has 0 atom stereocenters. The van der Waals surface area contributed by atoms with Crippen LogP contribution < -0.4 is 5.32 Å². The number of halogens is 3. The molecule has 2 rings (SSSR count). The minimum Gasteiger partial charge on any atom is -0.310 e. The van der Waals surface area contributed by atoms with Crippen LogP contribution in [0.5, 0.6) is 0 Å². The summed E-state index contributed by atoms with van der Waals surface area (Å²) < 4.78 is 39.6. The third-order valence-corrected chi connectivity index (χ3v) is 3.53. The maximum absolute atomic E-state index is 13.4. The molecule has 4 heteroatoms. The van der Waals surface area contributed by atoms with Crippen molar-refractivity contribution >= 4 is 0 Å². The van der Waals surface area contributed by atoms with Crippen molar-refractivity contribution in [3.63, 3.8) is 0 Å². The second-order valence-electron chi connectivity index (χ2n) is 4.92. The van der Waals surface area contributed by atoms with Crippen LogP contribution in [0.1, 0.15) is 44.1 Å². The van der Waals surface area contributed by atoms with Crippen LogP contribution in [0.25, 0.3) is 0 Å². The van der Waals surface area contributed by atoms with Crippen molar-refractivity contribution in [1.82, 2.24) is 5.32 Å². The van der Waals surface area contributed by atoms with Crippen LogP contribution in [0.4, 0.5) is 13.2 Å². The van der Waals surface area contributed by atoms with Gasteiger partial charge in [-0.1, -0.05) is 25.7 Å². The van der Waals surface area contributed by atoms with E-state index in [0.29, 0.717) is 6.04 Å². The SMILES string of the molecule is Fc1cc(F)c(CNC2CCCCCC2)c(F)c1. The summed E-state index contributed by atoms with van der Waals surface area (Å²) in [6.45, 7) is 0.128. The predicted molar refractivity (Wildman–Crippen MR) is 64.6 cm³/mol. The van der Waals surface area contributed by atoms with Gasteiger partial charge < -0.3 is 5.32 Å². The summed E-state index contributed by atoms with van der Waals surface area (Å²) in [5, 5.41) is 3.18. The van der Waals surface area contributed by atoms with Crippen LogP contribution in [-0.4, -0.2) is 6.04 Å². The summed E-state index contributed by atoms with van der Waals surface area (Å²) in [7, 11) is 0. The molecule has 0 spiro atoms. The molecule has 0 bridgehead atoms. The van der Waals surface area contributed by atoms with Crippen molar-refractivity contribution in [1.29, 1.82) is 0 Å². The molecule has 1 N–H and O–H groups in total. The minimum absolute atomic E-state index is 0.0688. The minimum atomic E-state index is -0.872. The zero-order chi connectivity index (χ0) is 13.0. The Bertz CT molecular complexity index is 375. The Labute approximate surface area is 105 Å². The summed E-state index contributed by atoms with van der Waals surface area (Å²) >= 11 is 0. The topological polar surface area (TPSA) is 12.0 Å². The highest BCUT2D eigenvalue weighted by Crippen LogP contribution is 2.19. The summed E-state index contributed by atoms with van der Waals surface area (Å²) in [5.74, 6) is -2.49. The van der Waals surface area contributed by atoms with E-state index in [0.717, 1.165) is 37.8 Å². The molecular weight excluding hydrogens is 239 g/mol. The highest BCUT2D eigenvalue weighted by Gasteiger charge is 2.15. The Morgan fingerprint density at radius 3 is 2.06 bits per heavy atom. The van der Waals surface area contributed by atoms with Crippen LogP contribution in [0.3, 0.4) is 0 Å². The third kappa shape index (κ3) is 3.48. The van der Waals surface area contributed by atoms with Gasteiger partial charge in [0.1, 0.15) is 17.5 Å². The Kier molecular flexibility index (Phi) is 4.64. The average molecular weight is 257 g/mol. The van der Waals surface area contributed by atoms with E-state index >= 15 is 0 Å². The van der Waals surface area contributed by atoms with E-state index in [1.807, 2.05) is 0 Å². The summed E-state index contributed by atoms with van der Waals surface area (Å²) in [6, 6.07) is 1.77. The predicted octanol–water partition coefficient (Wildman–Crippen LogP) is 3.92. The fraction of sp³-hybridized carbons (Fsp3) is 0.571. The number of nitrogens with one attached hydrogen (secondary N) is 1. The molecule has 0 radical (unpaired) electrons. The molecule has 0 unspecified atom stereocenters. The average Bonchev–Trinajstić information content (AvgIpc) is 2.56. The Hall–Kier alpha value is -1.03. The molecule has 1 aliphatic rings. The first-order valence-corrected chi connectivity index (χ1v) is 6.53. The number of benzene rings is 1. The molecule has 1 saturated carbocycles. The quantitative estimate of drug-likeness (QED) is 0.809. The van der Waals surface area contributed by atoms with Gasteiger partial charge in [-0.2, -0.15) is 0 Å². The lowest BCUT2D eigenvalue weighted by Crippen LogP contribution is -2.28. The maximum atomic E-state index is 13.4. The van der Waals surface area contributed by atoms with E-state index in [2.05, 4.69) is 5.32 Å². The van der Waals surface area contributed by atoms with E-state index in [1.165, 1.54) is 12.8 Å². The molecule has 0 amide bonds. The van der Waals surface area contributed by atoms with Gasteiger partial charge in [-0.05, 0) is 12.8 Å². The fourth-order valence-electron chi connectivity index (χ4n) is 2.47. The van der Waals surface area contributed by atoms with Crippen molar-refractivity contribution in [3.8, 4) is 0 Å². The normalized spacial score (nSPS) is 17.7. The van der Waals surface area contributed by atoms with Crippen LogP contribution in [0.15, 0.2) is 12.1 Å². The van der Waals surface area contributed by atoms with Gasteiger partial charge in [0.2, 0.25) is 0 Å². The zero-order valence-electron chi connectivity index (χ0n) is 10.3. The summed E-state index contributed by atoms with van der Waals surface area (Å²) in [4.78, 5) is 0. The largest absolute Gasteiger partial charge is 0.310 e. The Balaban J connectivity index is 1.97. The van der Waals surface area contributed by atoms with Crippen LogP contribution in [0, 0.1) is 17.5 Å². The van der Waals surface area contributed by atoms with Gasteiger partial charge in [0.05, 0.1) is 0 Å². The van der Waals surface area contributed by atoms with E-state index < -0.39 is 17.5 Å². The van der Waals surface area contributed by atoms with Crippen molar-refractivity contribution in [2.45, 2.75) is 51.1 Å². The second-order valence-corrected chi connectivity index (χ2v) is 4.92. The second kappa shape index (κ2) is 6.23. The van der Waals surface area contributed by atoms with Crippen LogP contribution in [-0.2, 0) is 6.54 Å². The molecule has 100 valence electrons. The smallest absolute Gasteiger partial charge is 0.133 e. The maximum Gasteiger partial charge on any atom is 0.133 e. The highest BCUT2D eigenvalue weighted by molar-refractivity contribution is 5.20. The lowest BCUT2D eigenvalue weighted by molar-refractivity contribution is 0.439. The number of hydrogen-bond acceptors (Lipinski definition) is 1. The Morgan fingerprint density at radius 2 is 1.50 bits per heavy atom. The van der Waals surface area contributed by atoms with Crippen molar-refractivity contribution in [2.75, 3.05) is 0 Å². The van der Waals surface area contributed by atoms with E-state index in [-0.39, 0.29) is 12.1 Å². The molecule has 1 nitrogen and oxygen atoms in total. The van der Waals surface area contributed by atoms with Gasteiger partial charge in [0.25, 0.3) is 0 Å². The molecule has 0 aliphatic heterocycles. The first-order valence-electron chi connectivity index (χ1n) is 6.53. The fourth-order valence-corrected chi connectivity index (χ4v) is 2.47. The van der Waals surface area contributed by atoms with Gasteiger partial charge in [-0.15, -0.1) is 0 Å². The highest BCUT2D eigenvalue weighted by atomic mass is 19.1. The van der Waals surface area contributed by atoms with E-state index in [9.17, 15) is 13.2 Å². The zero-order valence-corrected chi connectivity index (χ0v) is 10.3. The molecule has 1 aliphatic carbocycles. The van der Waals surface area contributed by atoms with Gasteiger partial charge in [0, 0.05) is 30.3 Å². The first-order chi connectivity index (χ1) is 8.66. The van der Waals surface area contributed by atoms with Gasteiger partial charge >= 0.3 is 0 Å². The van der Waals surface area contributed by atoms with Gasteiger partial charge in [0.15, 0.2) is 0 Å². The standard InChI is InChI=1S/C14H18F3N/c15-10-7-13(16)12(14(17)8-10)9-18-11-5-3-1-2-4-6-11/h7-8,11,18H,1-6,9H2. The van der Waals surface area contributed by atoms with Gasteiger partial charge in [-0.3, -0.25) is 0 Å². The van der Waals surface area contributed by atoms with E-state index in [1.54, 1.807) is 0 Å². The van der Waals surface area contributed by atoms with E-state index in [4.69, 9.17) is 0 Å².